The van der Waals surface area contributed by atoms with E-state index >= 15 is 0 Å². The molecule has 0 aromatic heterocycles. The summed E-state index contributed by atoms with van der Waals surface area (Å²) in [7, 11) is 0. The van der Waals surface area contributed by atoms with Crippen molar-refractivity contribution in [2.24, 2.45) is 0 Å². The average Bonchev–Trinajstić information content (AvgIpc) is 2.44. The second kappa shape index (κ2) is 13.4. The molecule has 24 heavy (non-hydrogen) atoms. The zero-order chi connectivity index (χ0) is 18.5. The number of rotatable bonds is 14. The van der Waals surface area contributed by atoms with Gasteiger partial charge in [0.1, 0.15) is 0 Å². The van der Waals surface area contributed by atoms with Crippen LogP contribution in [0.3, 0.4) is 0 Å². The molecule has 0 aromatic rings. The quantitative estimate of drug-likeness (QED) is 0.181. The lowest BCUT2D eigenvalue weighted by atomic mass is 10.4. The van der Waals surface area contributed by atoms with Gasteiger partial charge < -0.3 is 18.9 Å². The number of carbonyl (C=O) groups excluding carboxylic acids is 1. The molecule has 0 rings (SSSR count). The van der Waals surface area contributed by atoms with E-state index in [2.05, 4.69) is 4.74 Å². The van der Waals surface area contributed by atoms with Gasteiger partial charge in [-0.3, -0.25) is 4.79 Å². The van der Waals surface area contributed by atoms with E-state index in [0.29, 0.717) is 32.3 Å². The van der Waals surface area contributed by atoms with Crippen LogP contribution in [-0.2, 0) is 23.7 Å². The van der Waals surface area contributed by atoms with Gasteiger partial charge in [0.05, 0.1) is 39.5 Å². The first-order chi connectivity index (χ1) is 11.1. The third kappa shape index (κ3) is 20.3. The van der Waals surface area contributed by atoms with Gasteiger partial charge in [-0.2, -0.15) is 13.2 Å². The number of ether oxygens (including phenoxy) is 4. The van der Waals surface area contributed by atoms with Crippen molar-refractivity contribution in [3.63, 3.8) is 0 Å². The standard InChI is InChI=1S/C12H20Cl3F3O5Si/c13-24(14,15)9-1-3-20-5-7-22-8-6-21-4-2-11(19)23-10-12(16,17)18/h1-10H2. The maximum Gasteiger partial charge on any atom is 0.422 e. The van der Waals surface area contributed by atoms with Crippen LogP contribution in [0.1, 0.15) is 12.8 Å². The van der Waals surface area contributed by atoms with E-state index in [-0.39, 0.29) is 26.2 Å². The monoisotopic (exact) mass is 434 g/mol. The van der Waals surface area contributed by atoms with Gasteiger partial charge in [-0.1, -0.05) is 0 Å². The topological polar surface area (TPSA) is 54.0 Å². The molecule has 0 radical (unpaired) electrons. The Bertz CT molecular complexity index is 343. The van der Waals surface area contributed by atoms with E-state index in [0.717, 1.165) is 0 Å². The fourth-order valence-electron chi connectivity index (χ4n) is 1.31. The predicted octanol–water partition coefficient (Wildman–Crippen LogP) is 3.58. The highest BCUT2D eigenvalue weighted by Gasteiger charge is 2.29. The lowest BCUT2D eigenvalue weighted by Gasteiger charge is -2.09. The molecular weight excluding hydrogens is 416 g/mol. The van der Waals surface area contributed by atoms with E-state index in [4.69, 9.17) is 47.4 Å². The number of halogens is 6. The van der Waals surface area contributed by atoms with Crippen molar-refractivity contribution >= 4 is 45.2 Å². The highest BCUT2D eigenvalue weighted by atomic mass is 35.8. The normalized spacial score (nSPS) is 12.4. The summed E-state index contributed by atoms with van der Waals surface area (Å²) in [5.41, 5.74) is 0. The third-order valence-electron chi connectivity index (χ3n) is 2.34. The molecule has 0 fully saturated rings. The SMILES string of the molecule is O=C(CCOCCOCCOCCC[Si](Cl)(Cl)Cl)OCC(F)(F)F. The molecule has 0 amide bonds. The number of hydrogen-bond donors (Lipinski definition) is 0. The molecule has 0 saturated heterocycles. The van der Waals surface area contributed by atoms with Gasteiger partial charge in [-0.15, -0.1) is 33.2 Å². The van der Waals surface area contributed by atoms with Crippen LogP contribution in [0.4, 0.5) is 13.2 Å². The first kappa shape index (κ1) is 24.2. The molecule has 5 nitrogen and oxygen atoms in total. The summed E-state index contributed by atoms with van der Waals surface area (Å²) < 4.78 is 54.8. The fraction of sp³-hybridized carbons (Fsp3) is 0.917. The van der Waals surface area contributed by atoms with Gasteiger partial charge in [-0.25, -0.2) is 0 Å². The minimum Gasteiger partial charge on any atom is -0.456 e. The van der Waals surface area contributed by atoms with Crippen molar-refractivity contribution < 1.29 is 36.9 Å². The Balaban J connectivity index is 3.24. The molecule has 0 spiro atoms. The van der Waals surface area contributed by atoms with Gasteiger partial charge in [0.2, 0.25) is 0 Å². The minimum atomic E-state index is -4.52. The molecule has 0 aliphatic rings. The highest BCUT2D eigenvalue weighted by Crippen LogP contribution is 2.26. The highest BCUT2D eigenvalue weighted by molar-refractivity contribution is 7.64. The summed E-state index contributed by atoms with van der Waals surface area (Å²) in [5, 5.41) is 0. The third-order valence-corrected chi connectivity index (χ3v) is 4.96. The Labute approximate surface area is 153 Å². The molecule has 0 atom stereocenters. The van der Waals surface area contributed by atoms with E-state index in [9.17, 15) is 18.0 Å². The second-order valence-corrected chi connectivity index (χ2v) is 13.9. The molecule has 0 unspecified atom stereocenters. The molecule has 0 bridgehead atoms. The van der Waals surface area contributed by atoms with Crippen LogP contribution in [-0.4, -0.2) is 64.4 Å². The average molecular weight is 436 g/mol. The summed E-state index contributed by atoms with van der Waals surface area (Å²) in [5.74, 6) is -0.959. The van der Waals surface area contributed by atoms with Gasteiger partial charge >= 0.3 is 18.1 Å². The van der Waals surface area contributed by atoms with Gasteiger partial charge in [0, 0.05) is 6.61 Å². The molecule has 0 aromatic carbocycles. The zero-order valence-electron chi connectivity index (χ0n) is 12.9. The Morgan fingerprint density at radius 2 is 1.38 bits per heavy atom. The van der Waals surface area contributed by atoms with Crippen molar-refractivity contribution in [2.45, 2.75) is 25.1 Å². The minimum absolute atomic E-state index is 0.0303. The van der Waals surface area contributed by atoms with Gasteiger partial charge in [-0.05, 0) is 12.5 Å². The van der Waals surface area contributed by atoms with Crippen LogP contribution < -0.4 is 0 Å². The number of alkyl halides is 3. The maximum atomic E-state index is 11.8. The number of hydrogen-bond acceptors (Lipinski definition) is 5. The molecule has 0 N–H and O–H groups in total. The summed E-state index contributed by atoms with van der Waals surface area (Å²) in [6.07, 6.45) is -4.09. The first-order valence-corrected chi connectivity index (χ1v) is 12.4. The fourth-order valence-corrected chi connectivity index (χ4v) is 3.05. The first-order valence-electron chi connectivity index (χ1n) is 7.12. The van der Waals surface area contributed by atoms with Crippen LogP contribution in [0.15, 0.2) is 0 Å². The van der Waals surface area contributed by atoms with E-state index < -0.39 is 24.8 Å². The van der Waals surface area contributed by atoms with Crippen LogP contribution in [0.2, 0.25) is 6.04 Å². The van der Waals surface area contributed by atoms with Crippen LogP contribution in [0.5, 0.6) is 0 Å². The predicted molar refractivity (Wildman–Crippen MR) is 86.8 cm³/mol. The molecule has 12 heteroatoms. The van der Waals surface area contributed by atoms with Crippen LogP contribution >= 0.6 is 33.2 Å². The second-order valence-electron chi connectivity index (χ2n) is 4.58. The Morgan fingerprint density at radius 1 is 0.875 bits per heavy atom. The maximum absolute atomic E-state index is 11.8. The summed E-state index contributed by atoms with van der Waals surface area (Å²) in [6.45, 7) is 0.123. The smallest absolute Gasteiger partial charge is 0.422 e. The largest absolute Gasteiger partial charge is 0.456 e. The van der Waals surface area contributed by atoms with Crippen LogP contribution in [0, 0.1) is 0 Å². The van der Waals surface area contributed by atoms with Crippen molar-refractivity contribution in [1.29, 1.82) is 0 Å². The van der Waals surface area contributed by atoms with Crippen molar-refractivity contribution in [3.05, 3.63) is 0 Å². The van der Waals surface area contributed by atoms with E-state index in [1.165, 1.54) is 0 Å². The summed E-state index contributed by atoms with van der Waals surface area (Å²) in [4.78, 5) is 10.9. The molecule has 0 heterocycles. The molecule has 0 aliphatic heterocycles. The molecular formula is C12H20Cl3F3O5Si. The van der Waals surface area contributed by atoms with Crippen molar-refractivity contribution in [1.82, 2.24) is 0 Å². The molecule has 0 saturated carbocycles. The Hall–Kier alpha value is 0.227. The van der Waals surface area contributed by atoms with Gasteiger partial charge in [0.15, 0.2) is 6.61 Å². The zero-order valence-corrected chi connectivity index (χ0v) is 16.1. The number of esters is 1. The summed E-state index contributed by atoms with van der Waals surface area (Å²) in [6, 6.07) is -2.03. The lowest BCUT2D eigenvalue weighted by molar-refractivity contribution is -0.186. The Kier molecular flexibility index (Phi) is 13.6. The van der Waals surface area contributed by atoms with E-state index in [1.807, 2.05) is 0 Å². The molecule has 144 valence electrons. The van der Waals surface area contributed by atoms with Gasteiger partial charge in [0.25, 0.3) is 0 Å². The lowest BCUT2D eigenvalue weighted by Crippen LogP contribution is -2.21. The van der Waals surface area contributed by atoms with Crippen molar-refractivity contribution in [3.8, 4) is 0 Å². The number of carbonyl (C=O) groups is 1. The molecule has 0 aliphatic carbocycles. The summed E-state index contributed by atoms with van der Waals surface area (Å²) >= 11 is 17.1. The van der Waals surface area contributed by atoms with Crippen molar-refractivity contribution in [2.75, 3.05) is 46.2 Å². The van der Waals surface area contributed by atoms with Crippen LogP contribution in [0.25, 0.3) is 0 Å². The Morgan fingerprint density at radius 3 is 1.88 bits per heavy atom. The van der Waals surface area contributed by atoms with E-state index in [1.54, 1.807) is 0 Å².